The lowest BCUT2D eigenvalue weighted by molar-refractivity contribution is 0.102. The van der Waals surface area contributed by atoms with E-state index in [1.807, 2.05) is 6.92 Å². The van der Waals surface area contributed by atoms with Gasteiger partial charge in [0.05, 0.1) is 6.20 Å². The number of aromatic nitrogens is 3. The van der Waals surface area contributed by atoms with E-state index in [2.05, 4.69) is 20.5 Å². The molecule has 0 unspecified atom stereocenters. The highest BCUT2D eigenvalue weighted by Crippen LogP contribution is 2.13. The molecule has 1 amide bonds. The quantitative estimate of drug-likeness (QED) is 0.622. The number of amides is 1. The van der Waals surface area contributed by atoms with Crippen molar-refractivity contribution < 1.29 is 4.79 Å². The number of hydrogen-bond acceptors (Lipinski definition) is 3. The van der Waals surface area contributed by atoms with Crippen LogP contribution in [0.3, 0.4) is 0 Å². The lowest BCUT2D eigenvalue weighted by atomic mass is 10.2. The molecule has 0 saturated heterocycles. The van der Waals surface area contributed by atoms with Crippen LogP contribution in [0.1, 0.15) is 23.0 Å². The smallest absolute Gasteiger partial charge is 0.273 e. The first-order chi connectivity index (χ1) is 7.70. The summed E-state index contributed by atoms with van der Waals surface area (Å²) in [6.45, 7) is 1.99. The second kappa shape index (κ2) is 4.09. The van der Waals surface area contributed by atoms with Gasteiger partial charge in [-0.3, -0.25) is 9.89 Å². The van der Waals surface area contributed by atoms with Gasteiger partial charge in [0.2, 0.25) is 0 Å². The number of nitrogens with zero attached hydrogens (tertiary/aromatic N) is 1. The van der Waals surface area contributed by atoms with Crippen LogP contribution in [-0.4, -0.2) is 21.1 Å². The molecule has 0 spiro atoms. The molecule has 6 nitrogen and oxygen atoms in total. The Hall–Kier alpha value is -2.24. The number of nitrogens with two attached hydrogens (primary N) is 1. The van der Waals surface area contributed by atoms with Gasteiger partial charge in [-0.15, -0.1) is 0 Å². The predicted octanol–water partition coefficient (Wildman–Crippen LogP) is 1.13. The van der Waals surface area contributed by atoms with E-state index in [0.717, 1.165) is 12.0 Å². The highest BCUT2D eigenvalue weighted by Gasteiger charge is 2.11. The minimum absolute atomic E-state index is 0.240. The maximum absolute atomic E-state index is 11.7. The molecule has 16 heavy (non-hydrogen) atoms. The van der Waals surface area contributed by atoms with Crippen LogP contribution in [-0.2, 0) is 6.42 Å². The summed E-state index contributed by atoms with van der Waals surface area (Å²) in [6.07, 6.45) is 4.07. The summed E-state index contributed by atoms with van der Waals surface area (Å²) < 4.78 is 0. The fourth-order valence-corrected chi connectivity index (χ4v) is 1.41. The topological polar surface area (TPSA) is 99.6 Å². The van der Waals surface area contributed by atoms with E-state index in [1.54, 1.807) is 18.5 Å². The van der Waals surface area contributed by atoms with Crippen LogP contribution < -0.4 is 11.1 Å². The molecule has 0 fully saturated rings. The minimum Gasteiger partial charge on any atom is -0.397 e. The fraction of sp³-hybridized carbons (Fsp3) is 0.200. The van der Waals surface area contributed by atoms with E-state index in [0.29, 0.717) is 17.2 Å². The predicted molar refractivity (Wildman–Crippen MR) is 61.1 cm³/mol. The molecule has 2 heterocycles. The Morgan fingerprint density at radius 2 is 2.44 bits per heavy atom. The molecule has 6 heteroatoms. The van der Waals surface area contributed by atoms with Crippen LogP contribution in [0.5, 0.6) is 0 Å². The second-order valence-corrected chi connectivity index (χ2v) is 3.42. The van der Waals surface area contributed by atoms with Crippen molar-refractivity contribution in [2.45, 2.75) is 13.3 Å². The maximum atomic E-state index is 11.7. The van der Waals surface area contributed by atoms with Crippen molar-refractivity contribution in [3.05, 3.63) is 29.7 Å². The van der Waals surface area contributed by atoms with Gasteiger partial charge in [-0.2, -0.15) is 5.10 Å². The monoisotopic (exact) mass is 219 g/mol. The van der Waals surface area contributed by atoms with Crippen molar-refractivity contribution in [3.8, 4) is 0 Å². The number of nitrogen functional groups attached to an aromatic ring is 1. The first-order valence-corrected chi connectivity index (χ1v) is 4.98. The van der Waals surface area contributed by atoms with Gasteiger partial charge in [-0.05, 0) is 12.5 Å². The van der Waals surface area contributed by atoms with Gasteiger partial charge in [-0.1, -0.05) is 6.92 Å². The van der Waals surface area contributed by atoms with E-state index < -0.39 is 0 Å². The van der Waals surface area contributed by atoms with E-state index in [-0.39, 0.29) is 5.91 Å². The zero-order chi connectivity index (χ0) is 11.5. The van der Waals surface area contributed by atoms with Crippen molar-refractivity contribution in [1.29, 1.82) is 0 Å². The number of nitrogens with one attached hydrogen (secondary N) is 3. The first kappa shape index (κ1) is 10.3. The Labute approximate surface area is 92.2 Å². The summed E-state index contributed by atoms with van der Waals surface area (Å²) in [5, 5.41) is 9.33. The van der Waals surface area contributed by atoms with Crippen molar-refractivity contribution in [3.63, 3.8) is 0 Å². The standard InChI is InChI=1S/C10H13N5O/c1-2-6-4-13-15-9(6)14-10(16)8-3-7(11)5-12-8/h3-5,12H,2,11H2,1H3,(H2,13,14,15,16). The third-order valence-electron chi connectivity index (χ3n) is 2.29. The van der Waals surface area contributed by atoms with Crippen LogP contribution in [0.15, 0.2) is 18.5 Å². The Morgan fingerprint density at radius 3 is 3.06 bits per heavy atom. The van der Waals surface area contributed by atoms with Crippen LogP contribution in [0.25, 0.3) is 0 Å². The normalized spacial score (nSPS) is 10.3. The molecule has 0 aromatic carbocycles. The van der Waals surface area contributed by atoms with Crippen molar-refractivity contribution >= 4 is 17.4 Å². The number of aromatic amines is 2. The lowest BCUT2D eigenvalue weighted by Crippen LogP contribution is -2.13. The molecule has 84 valence electrons. The molecule has 0 saturated carbocycles. The summed E-state index contributed by atoms with van der Waals surface area (Å²) in [5.74, 6) is 0.385. The third-order valence-corrected chi connectivity index (χ3v) is 2.29. The molecule has 5 N–H and O–H groups in total. The molecule has 2 rings (SSSR count). The first-order valence-electron chi connectivity index (χ1n) is 4.98. The molecule has 0 bridgehead atoms. The number of H-pyrrole nitrogens is 2. The zero-order valence-corrected chi connectivity index (χ0v) is 8.87. The average Bonchev–Trinajstić information content (AvgIpc) is 2.86. The second-order valence-electron chi connectivity index (χ2n) is 3.42. The summed E-state index contributed by atoms with van der Waals surface area (Å²) in [6, 6.07) is 1.58. The van der Waals surface area contributed by atoms with Gasteiger partial charge >= 0.3 is 0 Å². The van der Waals surface area contributed by atoms with E-state index in [9.17, 15) is 4.79 Å². The van der Waals surface area contributed by atoms with Crippen molar-refractivity contribution in [2.75, 3.05) is 11.1 Å². The van der Waals surface area contributed by atoms with Gasteiger partial charge in [0.25, 0.3) is 5.91 Å². The molecule has 2 aromatic heterocycles. The molecule has 0 aliphatic carbocycles. The SMILES string of the molecule is CCc1cn[nH]c1NC(=O)c1cc(N)c[nH]1. The zero-order valence-electron chi connectivity index (χ0n) is 8.87. The van der Waals surface area contributed by atoms with Gasteiger partial charge in [-0.25, -0.2) is 0 Å². The van der Waals surface area contributed by atoms with E-state index in [1.165, 1.54) is 0 Å². The molecule has 0 aliphatic rings. The summed E-state index contributed by atoms with van der Waals surface area (Å²) in [7, 11) is 0. The molecule has 0 radical (unpaired) electrons. The highest BCUT2D eigenvalue weighted by atomic mass is 16.1. The summed E-state index contributed by atoms with van der Waals surface area (Å²) in [5.41, 5.74) is 7.44. The number of aryl methyl sites for hydroxylation is 1. The van der Waals surface area contributed by atoms with Gasteiger partial charge in [0, 0.05) is 17.4 Å². The molecule has 2 aromatic rings. The van der Waals surface area contributed by atoms with Crippen LogP contribution in [0.2, 0.25) is 0 Å². The van der Waals surface area contributed by atoms with E-state index in [4.69, 9.17) is 5.73 Å². The molecular weight excluding hydrogens is 206 g/mol. The van der Waals surface area contributed by atoms with Gasteiger partial charge in [0.15, 0.2) is 0 Å². The minimum atomic E-state index is -0.240. The van der Waals surface area contributed by atoms with Gasteiger partial charge < -0.3 is 16.0 Å². The van der Waals surface area contributed by atoms with Gasteiger partial charge in [0.1, 0.15) is 11.5 Å². The van der Waals surface area contributed by atoms with Crippen LogP contribution in [0, 0.1) is 0 Å². The number of rotatable bonds is 3. The molecular formula is C10H13N5O. The summed E-state index contributed by atoms with van der Waals surface area (Å²) >= 11 is 0. The Balaban J connectivity index is 2.13. The lowest BCUT2D eigenvalue weighted by Gasteiger charge is -2.02. The fourth-order valence-electron chi connectivity index (χ4n) is 1.41. The Kier molecular flexibility index (Phi) is 2.63. The highest BCUT2D eigenvalue weighted by molar-refractivity contribution is 6.03. The Bertz CT molecular complexity index is 499. The average molecular weight is 219 g/mol. The number of anilines is 2. The largest absolute Gasteiger partial charge is 0.397 e. The number of hydrogen-bond donors (Lipinski definition) is 4. The summed E-state index contributed by atoms with van der Waals surface area (Å²) in [4.78, 5) is 14.5. The van der Waals surface area contributed by atoms with Crippen LogP contribution in [0.4, 0.5) is 11.5 Å². The number of carbonyl (C=O) groups is 1. The number of carbonyl (C=O) groups excluding carboxylic acids is 1. The maximum Gasteiger partial charge on any atom is 0.273 e. The van der Waals surface area contributed by atoms with Crippen LogP contribution >= 0.6 is 0 Å². The van der Waals surface area contributed by atoms with E-state index >= 15 is 0 Å². The van der Waals surface area contributed by atoms with Crippen molar-refractivity contribution in [2.24, 2.45) is 0 Å². The van der Waals surface area contributed by atoms with Crippen molar-refractivity contribution in [1.82, 2.24) is 15.2 Å². The molecule has 0 aliphatic heterocycles. The third kappa shape index (κ3) is 1.90. The molecule has 0 atom stereocenters. The Morgan fingerprint density at radius 1 is 1.62 bits per heavy atom.